The number of ether oxygens (including phenoxy) is 2. The Bertz CT molecular complexity index is 850. The maximum Gasteiger partial charge on any atom is 0.131 e. The van der Waals surface area contributed by atoms with E-state index in [-0.39, 0.29) is 5.82 Å². The van der Waals surface area contributed by atoms with E-state index in [9.17, 15) is 4.39 Å². The third-order valence-electron chi connectivity index (χ3n) is 3.98. The molecule has 0 heterocycles. The van der Waals surface area contributed by atoms with E-state index in [0.717, 1.165) is 11.1 Å². The second-order valence-corrected chi connectivity index (χ2v) is 5.65. The van der Waals surface area contributed by atoms with Crippen LogP contribution < -0.4 is 15.2 Å². The van der Waals surface area contributed by atoms with E-state index in [1.54, 1.807) is 19.2 Å². The van der Waals surface area contributed by atoms with Gasteiger partial charge in [-0.2, -0.15) is 0 Å². The maximum atomic E-state index is 14.4. The van der Waals surface area contributed by atoms with Crippen LogP contribution in [0.2, 0.25) is 0 Å². The van der Waals surface area contributed by atoms with E-state index in [0.29, 0.717) is 35.8 Å². The van der Waals surface area contributed by atoms with E-state index in [4.69, 9.17) is 15.2 Å². The van der Waals surface area contributed by atoms with Gasteiger partial charge >= 0.3 is 0 Å². The highest BCUT2D eigenvalue weighted by atomic mass is 19.1. The van der Waals surface area contributed by atoms with Gasteiger partial charge in [-0.1, -0.05) is 42.5 Å². The van der Waals surface area contributed by atoms with Crippen LogP contribution in [-0.2, 0) is 13.2 Å². The fourth-order valence-electron chi connectivity index (χ4n) is 2.61. The van der Waals surface area contributed by atoms with E-state index in [1.807, 2.05) is 48.5 Å². The summed E-state index contributed by atoms with van der Waals surface area (Å²) < 4.78 is 25.6. The van der Waals surface area contributed by atoms with Crippen LogP contribution in [0.15, 0.2) is 66.7 Å². The molecule has 0 spiro atoms. The van der Waals surface area contributed by atoms with Crippen molar-refractivity contribution in [2.45, 2.75) is 13.2 Å². The van der Waals surface area contributed by atoms with Gasteiger partial charge in [0.2, 0.25) is 0 Å². The Morgan fingerprint density at radius 3 is 2.40 bits per heavy atom. The number of benzene rings is 3. The second-order valence-electron chi connectivity index (χ2n) is 5.65. The summed E-state index contributed by atoms with van der Waals surface area (Å²) in [5.74, 6) is 0.859. The highest BCUT2D eigenvalue weighted by molar-refractivity contribution is 5.72. The molecule has 0 saturated heterocycles. The molecule has 0 radical (unpaired) electrons. The summed E-state index contributed by atoms with van der Waals surface area (Å²) in [6.45, 7) is 0.788. The first-order valence-electron chi connectivity index (χ1n) is 8.05. The summed E-state index contributed by atoms with van der Waals surface area (Å²) >= 11 is 0. The normalized spacial score (nSPS) is 10.5. The van der Waals surface area contributed by atoms with Crippen molar-refractivity contribution in [2.24, 2.45) is 5.73 Å². The molecule has 0 fully saturated rings. The molecule has 0 aliphatic heterocycles. The highest BCUT2D eigenvalue weighted by Gasteiger charge is 2.13. The second kappa shape index (κ2) is 7.81. The van der Waals surface area contributed by atoms with Crippen LogP contribution in [0, 0.1) is 5.82 Å². The van der Waals surface area contributed by atoms with E-state index < -0.39 is 0 Å². The minimum atomic E-state index is -0.328. The predicted octanol–water partition coefficient (Wildman–Crippen LogP) is 4.54. The standard InChI is InChI=1S/C21H20FNO2/c1-24-17-8-10-20(22)19(12-17)18-9-7-16(13-23)11-21(18)25-14-15-5-3-2-4-6-15/h2-12H,13-14,23H2,1H3. The molecule has 2 N–H and O–H groups in total. The summed E-state index contributed by atoms with van der Waals surface area (Å²) in [6, 6.07) is 20.1. The van der Waals surface area contributed by atoms with Gasteiger partial charge in [0.05, 0.1) is 7.11 Å². The van der Waals surface area contributed by atoms with Gasteiger partial charge < -0.3 is 15.2 Å². The minimum Gasteiger partial charge on any atom is -0.497 e. The molecule has 3 rings (SSSR count). The molecule has 3 aromatic rings. The monoisotopic (exact) mass is 337 g/mol. The number of halogens is 1. The van der Waals surface area contributed by atoms with Crippen LogP contribution in [0.3, 0.4) is 0 Å². The Hall–Kier alpha value is -2.85. The van der Waals surface area contributed by atoms with Gasteiger partial charge in [-0.15, -0.1) is 0 Å². The van der Waals surface area contributed by atoms with E-state index >= 15 is 0 Å². The third-order valence-corrected chi connectivity index (χ3v) is 3.98. The molecule has 0 aromatic heterocycles. The van der Waals surface area contributed by atoms with Crippen molar-refractivity contribution in [3.63, 3.8) is 0 Å². The van der Waals surface area contributed by atoms with E-state index in [2.05, 4.69) is 0 Å². The molecular weight excluding hydrogens is 317 g/mol. The zero-order valence-electron chi connectivity index (χ0n) is 14.0. The SMILES string of the molecule is COc1ccc(F)c(-c2ccc(CN)cc2OCc2ccccc2)c1. The van der Waals surface area contributed by atoms with E-state index in [1.165, 1.54) is 6.07 Å². The first kappa shape index (κ1) is 17.0. The van der Waals surface area contributed by atoms with Crippen molar-refractivity contribution >= 4 is 0 Å². The molecule has 4 heteroatoms. The summed E-state index contributed by atoms with van der Waals surface area (Å²) in [5.41, 5.74) is 8.81. The zero-order valence-corrected chi connectivity index (χ0v) is 14.0. The van der Waals surface area contributed by atoms with Gasteiger partial charge in [-0.3, -0.25) is 0 Å². The van der Waals surface area contributed by atoms with Crippen LogP contribution in [0.1, 0.15) is 11.1 Å². The average molecular weight is 337 g/mol. The first-order valence-corrected chi connectivity index (χ1v) is 8.05. The molecule has 128 valence electrons. The van der Waals surface area contributed by atoms with Crippen LogP contribution in [0.4, 0.5) is 4.39 Å². The molecule has 0 aliphatic rings. The molecule has 0 amide bonds. The Morgan fingerprint density at radius 1 is 0.880 bits per heavy atom. The smallest absolute Gasteiger partial charge is 0.131 e. The summed E-state index contributed by atoms with van der Waals surface area (Å²) in [5, 5.41) is 0. The molecular formula is C21H20FNO2. The molecule has 3 nitrogen and oxygen atoms in total. The molecule has 3 aromatic carbocycles. The lowest BCUT2D eigenvalue weighted by Gasteiger charge is -2.15. The maximum absolute atomic E-state index is 14.4. The fraction of sp³-hybridized carbons (Fsp3) is 0.143. The van der Waals surface area contributed by atoms with Crippen molar-refractivity contribution in [3.8, 4) is 22.6 Å². The van der Waals surface area contributed by atoms with Crippen molar-refractivity contribution in [2.75, 3.05) is 7.11 Å². The lowest BCUT2D eigenvalue weighted by molar-refractivity contribution is 0.307. The van der Waals surface area contributed by atoms with Crippen molar-refractivity contribution in [3.05, 3.63) is 83.7 Å². The Kier molecular flexibility index (Phi) is 5.31. The number of hydrogen-bond acceptors (Lipinski definition) is 3. The van der Waals surface area contributed by atoms with Gasteiger partial charge in [0.1, 0.15) is 23.9 Å². The minimum absolute atomic E-state index is 0.328. The van der Waals surface area contributed by atoms with Gasteiger partial charge in [0, 0.05) is 17.7 Å². The van der Waals surface area contributed by atoms with Gasteiger partial charge in [-0.05, 0) is 35.4 Å². The number of rotatable bonds is 6. The first-order chi connectivity index (χ1) is 12.2. The third kappa shape index (κ3) is 3.98. The summed E-state index contributed by atoms with van der Waals surface area (Å²) in [4.78, 5) is 0. The number of nitrogens with two attached hydrogens (primary N) is 1. The number of methoxy groups -OCH3 is 1. The van der Waals surface area contributed by atoms with Crippen molar-refractivity contribution in [1.82, 2.24) is 0 Å². The lowest BCUT2D eigenvalue weighted by atomic mass is 10.0. The molecule has 0 bridgehead atoms. The summed E-state index contributed by atoms with van der Waals surface area (Å²) in [6.07, 6.45) is 0. The molecule has 0 aliphatic carbocycles. The zero-order chi connectivity index (χ0) is 17.6. The van der Waals surface area contributed by atoms with Crippen LogP contribution in [-0.4, -0.2) is 7.11 Å². The van der Waals surface area contributed by atoms with Crippen LogP contribution in [0.5, 0.6) is 11.5 Å². The topological polar surface area (TPSA) is 44.5 Å². The Morgan fingerprint density at radius 2 is 1.68 bits per heavy atom. The highest BCUT2D eigenvalue weighted by Crippen LogP contribution is 2.35. The fourth-order valence-corrected chi connectivity index (χ4v) is 2.61. The average Bonchev–Trinajstić information content (AvgIpc) is 2.67. The predicted molar refractivity (Wildman–Crippen MR) is 97.1 cm³/mol. The van der Waals surface area contributed by atoms with Crippen molar-refractivity contribution in [1.29, 1.82) is 0 Å². The summed E-state index contributed by atoms with van der Waals surface area (Å²) in [7, 11) is 1.56. The van der Waals surface area contributed by atoms with Gasteiger partial charge in [-0.25, -0.2) is 4.39 Å². The quantitative estimate of drug-likeness (QED) is 0.718. The molecule has 25 heavy (non-hydrogen) atoms. The Labute approximate surface area is 146 Å². The number of hydrogen-bond donors (Lipinski definition) is 1. The lowest BCUT2D eigenvalue weighted by Crippen LogP contribution is -2.01. The van der Waals surface area contributed by atoms with Gasteiger partial charge in [0.15, 0.2) is 0 Å². The largest absolute Gasteiger partial charge is 0.497 e. The molecule has 0 unspecified atom stereocenters. The van der Waals surface area contributed by atoms with Gasteiger partial charge in [0.25, 0.3) is 0 Å². The Balaban J connectivity index is 1.98. The van der Waals surface area contributed by atoms with Crippen LogP contribution in [0.25, 0.3) is 11.1 Å². The molecule has 0 saturated carbocycles. The van der Waals surface area contributed by atoms with Crippen molar-refractivity contribution < 1.29 is 13.9 Å². The van der Waals surface area contributed by atoms with Crippen LogP contribution >= 0.6 is 0 Å². The molecule has 0 atom stereocenters.